The van der Waals surface area contributed by atoms with E-state index in [-0.39, 0.29) is 52.8 Å². The van der Waals surface area contributed by atoms with Crippen molar-refractivity contribution in [2.45, 2.75) is 186 Å². The van der Waals surface area contributed by atoms with Gasteiger partial charge in [-0.3, -0.25) is 19.2 Å². The van der Waals surface area contributed by atoms with E-state index < -0.39 is 94.7 Å². The number of benzene rings is 1. The monoisotopic (exact) mass is 1960 g/mol. The van der Waals surface area contributed by atoms with Gasteiger partial charge in [-0.2, -0.15) is 0 Å². The highest BCUT2D eigenvalue weighted by molar-refractivity contribution is 7.17. The fraction of sp³-hybridized carbons (Fsp3) is 0.426. The smallest absolute Gasteiger partial charge is 0.209 e. The minimum absolute atomic E-state index is 0.0938. The van der Waals surface area contributed by atoms with Crippen molar-refractivity contribution in [3.8, 4) is 47.4 Å². The molecule has 0 saturated heterocycles. The molecule has 0 aliphatic heterocycles. The van der Waals surface area contributed by atoms with Crippen LogP contribution in [0.3, 0.4) is 0 Å². The summed E-state index contributed by atoms with van der Waals surface area (Å²) in [4.78, 5) is 107. The van der Waals surface area contributed by atoms with Gasteiger partial charge in [-0.25, -0.2) is 59.8 Å². The normalized spacial score (nSPS) is 27.6. The lowest BCUT2D eigenvalue weighted by molar-refractivity contribution is -0.128. The third-order valence-corrected chi connectivity index (χ3v) is 31.7. The maximum absolute atomic E-state index is 12.4. The number of carbonyl (C=O) groups excluding carboxylic acids is 4. The molecule has 8 unspecified atom stereocenters. The van der Waals surface area contributed by atoms with Gasteiger partial charge in [-0.05, 0) is 212 Å². The Labute approximate surface area is 804 Å². The molecule has 8 aliphatic carbocycles. The van der Waals surface area contributed by atoms with Gasteiger partial charge < -0.3 is 80.4 Å². The summed E-state index contributed by atoms with van der Waals surface area (Å²) in [6, 6.07) is 22.7. The molecule has 20 atom stereocenters. The van der Waals surface area contributed by atoms with Crippen molar-refractivity contribution >= 4 is 183 Å². The summed E-state index contributed by atoms with van der Waals surface area (Å²) in [6.07, 6.45) is 3.47. The highest BCUT2D eigenvalue weighted by Crippen LogP contribution is 2.71. The molecule has 0 radical (unpaired) electrons. The topological polar surface area (TPSA) is 453 Å². The molecular formula is C94H92Cl4N20O12S4. The number of thiophene rings is 4. The molecule has 134 heavy (non-hydrogen) atoms. The van der Waals surface area contributed by atoms with Gasteiger partial charge in [-0.1, -0.05) is 97.0 Å². The number of aliphatic hydroxyl groups is 8. The Morgan fingerprint density at radius 2 is 0.672 bits per heavy atom. The van der Waals surface area contributed by atoms with Gasteiger partial charge in [0.1, 0.15) is 47.5 Å². The first-order valence-corrected chi connectivity index (χ1v) is 48.7. The fourth-order valence-corrected chi connectivity index (χ4v) is 23.8. The first-order chi connectivity index (χ1) is 64.3. The summed E-state index contributed by atoms with van der Waals surface area (Å²) < 4.78 is 9.66. The molecule has 0 spiro atoms. The highest BCUT2D eigenvalue weighted by atomic mass is 35.5. The van der Waals surface area contributed by atoms with E-state index in [1.165, 1.54) is 78.6 Å². The molecular weight excluding hydrogens is 1870 g/mol. The van der Waals surface area contributed by atoms with Crippen LogP contribution in [0, 0.1) is 92.7 Å². The number of ketones is 4. The average Bonchev–Trinajstić information content (AvgIpc) is 1.53. The van der Waals surface area contributed by atoms with Gasteiger partial charge >= 0.3 is 0 Å². The van der Waals surface area contributed by atoms with Crippen molar-refractivity contribution < 1.29 is 60.0 Å². The Hall–Kier alpha value is -10.8. The molecule has 0 amide bonds. The largest absolute Gasteiger partial charge is 0.389 e. The first kappa shape index (κ1) is 93.6. The van der Waals surface area contributed by atoms with Gasteiger partial charge in [0.2, 0.25) is 23.3 Å². The molecule has 12 N–H and O–H groups in total. The van der Waals surface area contributed by atoms with Crippen molar-refractivity contribution in [1.82, 2.24) is 78.1 Å². The molecule has 21 rings (SSSR count). The summed E-state index contributed by atoms with van der Waals surface area (Å²) in [5.74, 6) is 26.5. The standard InChI is InChI=1S/C27H24ClN5O3S.C23H24ClN5O3S.2C22H22ClN5O3S/c1-15(34)27-13-18(27)22(23(35)24(27)36)33-14-30-21-25(29-12-11-16-5-3-2-4-6-16)31-20(32-26(21)33)10-8-17-7-9-19(28)37-17;1-3-4-9-25-21-17-22(28-16(27-21)8-6-13-5-7-15(24)33-13)29(11-26-17)18-14-10-23(14,12(2)30)20(32)19(18)31;1-10(2)25-20-16-21(27-15(26-20)7-5-12-4-6-14(23)32-12)28(9-24-16)17-13-8-22(13,11(3)29)19(31)18(17)30;1-3-8-24-20-16-21(27-15(26-20)7-5-12-4-6-14(23)32-12)28(10-25-16)17-13-9-22(13,11(2)29)19(31)18(17)30/h2-7,9,14,18,22-24,35-36H,11-13H2,1H3,(H,29,31,32);5,7,11,14,18-20,31-32H,3-4,9-10H2,1-2H3,(H,25,27,28);4,6,9-10,13,17-19,30-31H,8H2,1-3H3,(H,25,26,27);4,6,10,13,17-19,30-31H,3,8-9H2,1-2H3,(H,24,26,27)/t18?,22-,23+,24?,27+;14?,18-,19+,20?,23+;2*13?,17-,18+,19?,22+/m1111/s1. The lowest BCUT2D eigenvalue weighted by atomic mass is 9.95. The number of aliphatic hydroxyl groups excluding tert-OH is 8. The Bertz CT molecular complexity index is 7070. The number of rotatable bonds is 21. The summed E-state index contributed by atoms with van der Waals surface area (Å²) in [5.41, 5.74) is 1.89. The zero-order valence-electron chi connectivity index (χ0n) is 73.4. The number of carbonyl (C=O) groups is 4. The second kappa shape index (κ2) is 37.3. The van der Waals surface area contributed by atoms with Gasteiger partial charge in [0.25, 0.3) is 0 Å². The van der Waals surface area contributed by atoms with E-state index in [9.17, 15) is 60.0 Å². The third kappa shape index (κ3) is 17.1. The number of unbranched alkanes of at least 4 members (excludes halogenated alkanes) is 1. The number of fused-ring (bicyclic) bond motifs is 8. The summed E-state index contributed by atoms with van der Waals surface area (Å²) in [5, 5.41) is 99.2. The summed E-state index contributed by atoms with van der Waals surface area (Å²) in [7, 11) is 0. The predicted octanol–water partition coefficient (Wildman–Crippen LogP) is 11.8. The predicted molar refractivity (Wildman–Crippen MR) is 511 cm³/mol. The van der Waals surface area contributed by atoms with Crippen molar-refractivity contribution in [2.24, 2.45) is 45.3 Å². The average molecular weight is 1960 g/mol. The van der Waals surface area contributed by atoms with Gasteiger partial charge in [0.15, 0.2) is 67.9 Å². The molecule has 40 heteroatoms. The van der Waals surface area contributed by atoms with Crippen LogP contribution in [0.4, 0.5) is 23.3 Å². The molecule has 692 valence electrons. The van der Waals surface area contributed by atoms with Crippen LogP contribution in [0.5, 0.6) is 0 Å². The SMILES string of the molecule is CC(=O)[C@@]12CC1[C@@H](n1cnc3c(NC(C)C)nc(C#Cc4ccc(Cl)s4)nc31)[C@H](O)C2O.CC(=O)[C@@]12CC1[C@@H](n1cnc3c(NCCc4ccccc4)nc(C#Cc4ccc(Cl)s4)nc31)[C@H](O)C2O.CCCCNc1nc(C#Cc2ccc(Cl)s2)nc2c1ncn2[C@@H]1C2C[C@@]2(C(C)=O)C(O)[C@H]1O.CCCNc1nc(C#Cc2ccc(Cl)s2)nc2c1ncn2[C@@H]1C2C[C@@]2(C(C)=O)C(O)[C@H]1O. The van der Waals surface area contributed by atoms with Crippen LogP contribution in [0.25, 0.3) is 44.7 Å². The molecule has 8 aliphatic rings. The summed E-state index contributed by atoms with van der Waals surface area (Å²) >= 11 is 29.5. The minimum atomic E-state index is -1.12. The van der Waals surface area contributed by atoms with Gasteiger partial charge in [0, 0.05) is 25.7 Å². The van der Waals surface area contributed by atoms with E-state index in [1.807, 2.05) is 56.3 Å². The van der Waals surface area contributed by atoms with Crippen molar-refractivity contribution in [3.05, 3.63) is 170 Å². The lowest BCUT2D eigenvalue weighted by Gasteiger charge is -2.23. The van der Waals surface area contributed by atoms with Gasteiger partial charge in [-0.15, -0.1) is 45.3 Å². The molecule has 0 bridgehead atoms. The number of hydrogen-bond donors (Lipinski definition) is 12. The number of nitrogens with zero attached hydrogens (tertiary/aromatic N) is 16. The zero-order valence-corrected chi connectivity index (χ0v) is 79.7. The van der Waals surface area contributed by atoms with E-state index >= 15 is 0 Å². The Morgan fingerprint density at radius 3 is 0.933 bits per heavy atom. The number of nitrogens with one attached hydrogen (secondary N) is 4. The molecule has 12 heterocycles. The maximum atomic E-state index is 12.4. The van der Waals surface area contributed by atoms with Crippen molar-refractivity contribution in [2.75, 3.05) is 40.9 Å². The Kier molecular flexibility index (Phi) is 26.1. The second-order valence-corrected chi connectivity index (χ2v) is 42.2. The van der Waals surface area contributed by atoms with Crippen molar-refractivity contribution in [3.63, 3.8) is 0 Å². The van der Waals surface area contributed by atoms with E-state index in [4.69, 9.17) is 46.4 Å². The third-order valence-electron chi connectivity index (χ3n) is 27.1. The van der Waals surface area contributed by atoms with Crippen LogP contribution in [0.2, 0.25) is 17.3 Å². The zero-order chi connectivity index (χ0) is 94.5. The maximum Gasteiger partial charge on any atom is 0.209 e. The number of halogens is 4. The van der Waals surface area contributed by atoms with Crippen LogP contribution < -0.4 is 21.3 Å². The van der Waals surface area contributed by atoms with E-state index in [0.717, 1.165) is 51.7 Å². The number of imidazole rings is 4. The van der Waals surface area contributed by atoms with E-state index in [0.29, 0.717) is 147 Å². The van der Waals surface area contributed by atoms with Crippen LogP contribution in [0.15, 0.2) is 104 Å². The number of anilines is 4. The van der Waals surface area contributed by atoms with Crippen LogP contribution in [-0.2, 0) is 25.6 Å². The van der Waals surface area contributed by atoms with Crippen LogP contribution in [-0.4, -0.2) is 217 Å². The molecule has 12 aromatic heterocycles. The first-order valence-electron chi connectivity index (χ1n) is 43.9. The van der Waals surface area contributed by atoms with Crippen molar-refractivity contribution in [1.29, 1.82) is 0 Å². The lowest BCUT2D eigenvalue weighted by Crippen LogP contribution is -2.36. The van der Waals surface area contributed by atoms with E-state index in [1.54, 1.807) is 67.8 Å². The molecule has 1 aromatic carbocycles. The molecule has 13 aromatic rings. The molecule has 8 fully saturated rings. The van der Waals surface area contributed by atoms with Gasteiger partial charge in [0.05, 0.1) is 132 Å². The second-order valence-electron chi connectivity index (χ2n) is 35.3. The van der Waals surface area contributed by atoms with Crippen LogP contribution in [0.1, 0.15) is 173 Å². The number of hydrogen-bond acceptors (Lipinski definition) is 32. The molecule has 8 saturated carbocycles. The highest BCUT2D eigenvalue weighted by Gasteiger charge is 2.77. The Morgan fingerprint density at radius 1 is 0.388 bits per heavy atom. The quantitative estimate of drug-likeness (QED) is 0.0235. The number of Topliss-reactive ketones (excluding diaryl/α,β-unsaturated/α-hetero) is 4. The summed E-state index contributed by atoms with van der Waals surface area (Å²) in [6.45, 7) is 16.1. The van der Waals surface area contributed by atoms with E-state index in [2.05, 4.69) is 154 Å². The molecule has 32 nitrogen and oxygen atoms in total. The Balaban J connectivity index is 0.000000120. The minimum Gasteiger partial charge on any atom is -0.389 e. The number of aromatic nitrogens is 16. The fourth-order valence-electron chi connectivity index (χ4n) is 20.2. The van der Waals surface area contributed by atoms with Crippen LogP contribution >= 0.6 is 91.8 Å².